The standard InChI is InChI=1S/C23H28N2O4S/c1-4-6-14-21(26)24-16-10-9-11-17(15-16)30-20(5-2)22(27)25-19-13-8-7-12-18(19)23(28)29-3/h7-13,15,20H,4-6,14H2,1-3H3,(H,24,26)(H,25,27). The third kappa shape index (κ3) is 6.91. The minimum Gasteiger partial charge on any atom is -0.465 e. The van der Waals surface area contributed by atoms with E-state index in [0.717, 1.165) is 17.7 Å². The van der Waals surface area contributed by atoms with Crippen LogP contribution in [0.2, 0.25) is 0 Å². The summed E-state index contributed by atoms with van der Waals surface area (Å²) in [7, 11) is 1.31. The molecular weight excluding hydrogens is 400 g/mol. The molecule has 0 heterocycles. The monoisotopic (exact) mass is 428 g/mol. The van der Waals surface area contributed by atoms with Crippen LogP contribution < -0.4 is 10.6 Å². The lowest BCUT2D eigenvalue weighted by atomic mass is 10.1. The Balaban J connectivity index is 2.07. The van der Waals surface area contributed by atoms with Crippen LogP contribution in [0.25, 0.3) is 0 Å². The molecule has 2 N–H and O–H groups in total. The number of ether oxygens (including phenoxy) is 1. The van der Waals surface area contributed by atoms with Gasteiger partial charge in [-0.25, -0.2) is 4.79 Å². The lowest BCUT2D eigenvalue weighted by Crippen LogP contribution is -2.25. The number of carbonyl (C=O) groups excluding carboxylic acids is 3. The van der Waals surface area contributed by atoms with Gasteiger partial charge in [-0.15, -0.1) is 11.8 Å². The molecule has 1 atom stereocenters. The predicted molar refractivity (Wildman–Crippen MR) is 121 cm³/mol. The summed E-state index contributed by atoms with van der Waals surface area (Å²) < 4.78 is 4.78. The average molecular weight is 429 g/mol. The van der Waals surface area contributed by atoms with E-state index in [1.807, 2.05) is 38.1 Å². The molecule has 0 aromatic heterocycles. The van der Waals surface area contributed by atoms with Crippen molar-refractivity contribution in [1.29, 1.82) is 0 Å². The molecule has 0 aliphatic heterocycles. The molecule has 0 radical (unpaired) electrons. The predicted octanol–water partition coefficient (Wildman–Crippen LogP) is 5.11. The van der Waals surface area contributed by atoms with Crippen molar-refractivity contribution in [3.05, 3.63) is 54.1 Å². The number of para-hydroxylation sites is 1. The maximum Gasteiger partial charge on any atom is 0.339 e. The van der Waals surface area contributed by atoms with Gasteiger partial charge >= 0.3 is 5.97 Å². The summed E-state index contributed by atoms with van der Waals surface area (Å²) in [5.41, 5.74) is 1.45. The highest BCUT2D eigenvalue weighted by Gasteiger charge is 2.21. The van der Waals surface area contributed by atoms with Crippen molar-refractivity contribution < 1.29 is 19.1 Å². The van der Waals surface area contributed by atoms with Gasteiger partial charge in [0.25, 0.3) is 0 Å². The van der Waals surface area contributed by atoms with Crippen molar-refractivity contribution in [1.82, 2.24) is 0 Å². The fourth-order valence-corrected chi connectivity index (χ4v) is 3.80. The Hall–Kier alpha value is -2.80. The number of esters is 1. The first-order chi connectivity index (χ1) is 14.5. The molecule has 2 aromatic rings. The minimum absolute atomic E-state index is 0.0109. The molecular formula is C23H28N2O4S. The van der Waals surface area contributed by atoms with E-state index >= 15 is 0 Å². The third-order valence-corrected chi connectivity index (χ3v) is 5.77. The molecule has 7 heteroatoms. The Morgan fingerprint density at radius 3 is 2.50 bits per heavy atom. The number of methoxy groups -OCH3 is 1. The van der Waals surface area contributed by atoms with E-state index in [2.05, 4.69) is 10.6 Å². The number of unbranched alkanes of at least 4 members (excludes halogenated alkanes) is 1. The number of carbonyl (C=O) groups is 3. The molecule has 6 nitrogen and oxygen atoms in total. The van der Waals surface area contributed by atoms with Crippen LogP contribution in [0, 0.1) is 0 Å². The molecule has 30 heavy (non-hydrogen) atoms. The smallest absolute Gasteiger partial charge is 0.339 e. The van der Waals surface area contributed by atoms with Gasteiger partial charge in [-0.2, -0.15) is 0 Å². The van der Waals surface area contributed by atoms with Crippen LogP contribution >= 0.6 is 11.8 Å². The maximum atomic E-state index is 12.8. The third-order valence-electron chi connectivity index (χ3n) is 4.41. The second kappa shape index (κ2) is 12.0. The highest BCUT2D eigenvalue weighted by atomic mass is 32.2. The van der Waals surface area contributed by atoms with Crippen molar-refractivity contribution >= 4 is 40.9 Å². The highest BCUT2D eigenvalue weighted by Crippen LogP contribution is 2.29. The normalized spacial score (nSPS) is 11.4. The number of anilines is 2. The summed E-state index contributed by atoms with van der Waals surface area (Å²) in [6.07, 6.45) is 2.92. The lowest BCUT2D eigenvalue weighted by Gasteiger charge is -2.16. The Morgan fingerprint density at radius 2 is 1.80 bits per heavy atom. The molecule has 2 amide bonds. The number of hydrogen-bond acceptors (Lipinski definition) is 5. The topological polar surface area (TPSA) is 84.5 Å². The van der Waals surface area contributed by atoms with Crippen molar-refractivity contribution in [2.24, 2.45) is 0 Å². The van der Waals surface area contributed by atoms with Crippen molar-refractivity contribution in [2.45, 2.75) is 49.7 Å². The molecule has 0 aliphatic rings. The van der Waals surface area contributed by atoms with Crippen LogP contribution in [0.1, 0.15) is 49.9 Å². The fourth-order valence-electron chi connectivity index (χ4n) is 2.79. The van der Waals surface area contributed by atoms with Crippen molar-refractivity contribution in [3.8, 4) is 0 Å². The van der Waals surface area contributed by atoms with Gasteiger partial charge in [0, 0.05) is 17.0 Å². The van der Waals surface area contributed by atoms with Crippen LogP contribution in [-0.2, 0) is 14.3 Å². The molecule has 160 valence electrons. The quantitative estimate of drug-likeness (QED) is 0.406. The van der Waals surface area contributed by atoms with Gasteiger partial charge in [0.15, 0.2) is 0 Å². The molecule has 0 saturated heterocycles. The number of amides is 2. The molecule has 0 saturated carbocycles. The van der Waals surface area contributed by atoms with Gasteiger partial charge in [0.1, 0.15) is 0 Å². The SMILES string of the molecule is CCCCC(=O)Nc1cccc(SC(CC)C(=O)Nc2ccccc2C(=O)OC)c1. The summed E-state index contributed by atoms with van der Waals surface area (Å²) in [5, 5.41) is 5.38. The van der Waals surface area contributed by atoms with E-state index in [4.69, 9.17) is 4.74 Å². The zero-order valence-electron chi connectivity index (χ0n) is 17.6. The molecule has 0 spiro atoms. The van der Waals surface area contributed by atoms with Gasteiger partial charge in [0.2, 0.25) is 11.8 Å². The van der Waals surface area contributed by atoms with E-state index in [0.29, 0.717) is 29.8 Å². The molecule has 0 bridgehead atoms. The number of rotatable bonds is 10. The van der Waals surface area contributed by atoms with Gasteiger partial charge in [-0.1, -0.05) is 38.5 Å². The highest BCUT2D eigenvalue weighted by molar-refractivity contribution is 8.00. The van der Waals surface area contributed by atoms with E-state index in [-0.39, 0.29) is 17.1 Å². The zero-order valence-corrected chi connectivity index (χ0v) is 18.4. The second-order valence-electron chi connectivity index (χ2n) is 6.72. The number of hydrogen-bond donors (Lipinski definition) is 2. The number of thioether (sulfide) groups is 1. The average Bonchev–Trinajstić information content (AvgIpc) is 2.76. The molecule has 0 fully saturated rings. The van der Waals surface area contributed by atoms with Crippen molar-refractivity contribution in [2.75, 3.05) is 17.7 Å². The summed E-state index contributed by atoms with van der Waals surface area (Å²) >= 11 is 1.42. The lowest BCUT2D eigenvalue weighted by molar-refractivity contribution is -0.116. The van der Waals surface area contributed by atoms with Gasteiger partial charge < -0.3 is 15.4 Å². The molecule has 2 aromatic carbocycles. The van der Waals surface area contributed by atoms with Crippen LogP contribution in [-0.4, -0.2) is 30.1 Å². The first kappa shape index (κ1) is 23.5. The maximum absolute atomic E-state index is 12.8. The summed E-state index contributed by atoms with van der Waals surface area (Å²) in [4.78, 5) is 37.6. The van der Waals surface area contributed by atoms with E-state index in [1.54, 1.807) is 24.3 Å². The fraction of sp³-hybridized carbons (Fsp3) is 0.348. The minimum atomic E-state index is -0.502. The summed E-state index contributed by atoms with van der Waals surface area (Å²) in [6.45, 7) is 3.98. The Labute approximate surface area is 181 Å². The van der Waals surface area contributed by atoms with Crippen LogP contribution in [0.15, 0.2) is 53.4 Å². The van der Waals surface area contributed by atoms with Crippen molar-refractivity contribution in [3.63, 3.8) is 0 Å². The molecule has 2 rings (SSSR count). The Bertz CT molecular complexity index is 885. The number of nitrogens with one attached hydrogen (secondary N) is 2. The molecule has 1 unspecified atom stereocenters. The first-order valence-corrected chi connectivity index (χ1v) is 10.9. The Kier molecular flexibility index (Phi) is 9.41. The van der Waals surface area contributed by atoms with E-state index < -0.39 is 5.97 Å². The molecule has 0 aliphatic carbocycles. The Morgan fingerprint density at radius 1 is 1.03 bits per heavy atom. The summed E-state index contributed by atoms with van der Waals surface area (Å²) in [5.74, 6) is -0.711. The van der Waals surface area contributed by atoms with Gasteiger partial charge in [-0.3, -0.25) is 9.59 Å². The van der Waals surface area contributed by atoms with Crippen LogP contribution in [0.3, 0.4) is 0 Å². The van der Waals surface area contributed by atoms with E-state index in [1.165, 1.54) is 18.9 Å². The van der Waals surface area contributed by atoms with E-state index in [9.17, 15) is 14.4 Å². The second-order valence-corrected chi connectivity index (χ2v) is 8.00. The number of benzene rings is 2. The van der Waals surface area contributed by atoms with Crippen LogP contribution in [0.4, 0.5) is 11.4 Å². The van der Waals surface area contributed by atoms with Gasteiger partial charge in [0.05, 0.1) is 23.6 Å². The van der Waals surface area contributed by atoms with Crippen LogP contribution in [0.5, 0.6) is 0 Å². The largest absolute Gasteiger partial charge is 0.465 e. The zero-order chi connectivity index (χ0) is 21.9. The summed E-state index contributed by atoms with van der Waals surface area (Å²) in [6, 6.07) is 14.2. The first-order valence-electron chi connectivity index (χ1n) is 10.0. The van der Waals surface area contributed by atoms with Gasteiger partial charge in [-0.05, 0) is 43.2 Å².